The van der Waals surface area contributed by atoms with Crippen LogP contribution in [0.15, 0.2) is 9.59 Å². The molecule has 0 aliphatic rings. The molecule has 90 valence electrons. The first-order chi connectivity index (χ1) is 7.29. The van der Waals surface area contributed by atoms with E-state index in [-0.39, 0.29) is 17.8 Å². The Bertz CT molecular complexity index is 499. The van der Waals surface area contributed by atoms with E-state index in [1.54, 1.807) is 6.92 Å². The van der Waals surface area contributed by atoms with Crippen molar-refractivity contribution in [1.82, 2.24) is 0 Å². The Hall–Kier alpha value is -1.17. The molecule has 1 rings (SSSR count). The van der Waals surface area contributed by atoms with Gasteiger partial charge in [0, 0.05) is 0 Å². The van der Waals surface area contributed by atoms with Crippen molar-refractivity contribution >= 4 is 19.0 Å². The molecule has 0 radical (unpaired) electrons. The second kappa shape index (κ2) is 4.37. The second-order valence-electron chi connectivity index (χ2n) is 3.48. The quantitative estimate of drug-likeness (QED) is 0.411. The zero-order valence-corrected chi connectivity index (χ0v) is 9.53. The average Bonchev–Trinajstić information content (AvgIpc) is 2.21. The Kier molecular flexibility index (Phi) is 3.52. The molecule has 0 heterocycles. The minimum Gasteiger partial charge on any atom is -0.394 e. The summed E-state index contributed by atoms with van der Waals surface area (Å²) >= 11 is 0. The van der Waals surface area contributed by atoms with Gasteiger partial charge in [-0.1, -0.05) is 13.3 Å². The number of rotatable bonds is 5. The molecular formula is C8H13N2O5P. The Labute approximate surface area is 91.1 Å². The largest absolute Gasteiger partial charge is 0.394 e. The van der Waals surface area contributed by atoms with E-state index in [4.69, 9.17) is 15.5 Å². The van der Waals surface area contributed by atoms with Crippen LogP contribution < -0.4 is 21.9 Å². The lowest BCUT2D eigenvalue weighted by atomic mass is 10.2. The van der Waals surface area contributed by atoms with Crippen molar-refractivity contribution < 1.29 is 14.4 Å². The molecular weight excluding hydrogens is 235 g/mol. The van der Waals surface area contributed by atoms with Crippen LogP contribution in [0.1, 0.15) is 19.8 Å². The molecule has 1 aromatic rings. The predicted octanol–water partition coefficient (Wildman–Crippen LogP) is -0.419. The number of nitrogens with one attached hydrogen (secondary N) is 1. The monoisotopic (exact) mass is 248 g/mol. The lowest BCUT2D eigenvalue weighted by Gasteiger charge is -2.21. The van der Waals surface area contributed by atoms with Crippen molar-refractivity contribution in [3.05, 3.63) is 20.4 Å². The molecule has 0 saturated heterocycles. The highest BCUT2D eigenvalue weighted by atomic mass is 31.2. The summed E-state index contributed by atoms with van der Waals surface area (Å²) in [5, 5.41) is 2.35. The van der Waals surface area contributed by atoms with Crippen molar-refractivity contribution in [2.75, 3.05) is 11.1 Å². The van der Waals surface area contributed by atoms with Crippen molar-refractivity contribution in [1.29, 1.82) is 0 Å². The van der Waals surface area contributed by atoms with Crippen LogP contribution in [0.5, 0.6) is 0 Å². The minimum atomic E-state index is -4.36. The van der Waals surface area contributed by atoms with E-state index in [0.29, 0.717) is 6.42 Å². The number of nitrogens with two attached hydrogens (primary N) is 1. The van der Waals surface area contributed by atoms with Gasteiger partial charge in [-0.3, -0.25) is 14.2 Å². The normalized spacial score (nSPS) is 13.9. The lowest BCUT2D eigenvalue weighted by molar-refractivity contribution is 0.358. The van der Waals surface area contributed by atoms with Gasteiger partial charge in [-0.15, -0.1) is 0 Å². The van der Waals surface area contributed by atoms with Gasteiger partial charge < -0.3 is 20.8 Å². The fourth-order valence-electron chi connectivity index (χ4n) is 1.32. The molecule has 0 spiro atoms. The summed E-state index contributed by atoms with van der Waals surface area (Å²) < 4.78 is 11.1. The summed E-state index contributed by atoms with van der Waals surface area (Å²) in [5.74, 6) is -1.18. The smallest absolute Gasteiger partial charge is 0.347 e. The van der Waals surface area contributed by atoms with Crippen LogP contribution in [0.4, 0.5) is 11.4 Å². The maximum absolute atomic E-state index is 11.1. The fraction of sp³-hybridized carbons (Fsp3) is 0.500. The van der Waals surface area contributed by atoms with Crippen molar-refractivity contribution in [2.45, 2.75) is 25.5 Å². The number of nitrogen functional groups attached to an aromatic ring is 1. The topological polar surface area (TPSA) is 130 Å². The zero-order chi connectivity index (χ0) is 12.5. The summed E-state index contributed by atoms with van der Waals surface area (Å²) in [7, 11) is -4.36. The standard InChI is InChI=1S/C8H13N2O5P/c1-2-3-4(16(13,14)15)10-6-5(9)7(11)8(6)12/h4,10H,2-3,9H2,1H3,(H2,13,14,15). The van der Waals surface area contributed by atoms with Gasteiger partial charge >= 0.3 is 7.60 Å². The molecule has 7 nitrogen and oxygen atoms in total. The molecule has 0 saturated carbocycles. The van der Waals surface area contributed by atoms with E-state index in [1.165, 1.54) is 0 Å². The van der Waals surface area contributed by atoms with Gasteiger partial charge in [0.05, 0.1) is 0 Å². The van der Waals surface area contributed by atoms with E-state index in [2.05, 4.69) is 5.32 Å². The van der Waals surface area contributed by atoms with Gasteiger partial charge in [0.15, 0.2) is 0 Å². The highest BCUT2D eigenvalue weighted by molar-refractivity contribution is 7.52. The predicted molar refractivity (Wildman–Crippen MR) is 60.1 cm³/mol. The first-order valence-electron chi connectivity index (χ1n) is 4.69. The van der Waals surface area contributed by atoms with Crippen LogP contribution in [-0.4, -0.2) is 15.6 Å². The minimum absolute atomic E-state index is 0.183. The molecule has 0 fully saturated rings. The third kappa shape index (κ3) is 2.32. The van der Waals surface area contributed by atoms with Crippen LogP contribution >= 0.6 is 7.60 Å². The molecule has 1 unspecified atom stereocenters. The molecule has 16 heavy (non-hydrogen) atoms. The maximum Gasteiger partial charge on any atom is 0.347 e. The van der Waals surface area contributed by atoms with Gasteiger partial charge in [-0.2, -0.15) is 0 Å². The van der Waals surface area contributed by atoms with Gasteiger partial charge in [0.2, 0.25) is 0 Å². The zero-order valence-electron chi connectivity index (χ0n) is 8.64. The molecule has 0 aliphatic carbocycles. The van der Waals surface area contributed by atoms with Crippen molar-refractivity contribution in [3.8, 4) is 0 Å². The second-order valence-corrected chi connectivity index (χ2v) is 5.29. The van der Waals surface area contributed by atoms with Crippen LogP contribution in [-0.2, 0) is 4.57 Å². The molecule has 0 aromatic heterocycles. The summed E-state index contributed by atoms with van der Waals surface area (Å²) in [6, 6.07) is 0. The highest BCUT2D eigenvalue weighted by Crippen LogP contribution is 2.43. The van der Waals surface area contributed by atoms with Crippen LogP contribution in [0.3, 0.4) is 0 Å². The van der Waals surface area contributed by atoms with E-state index in [0.717, 1.165) is 0 Å². The van der Waals surface area contributed by atoms with Crippen molar-refractivity contribution in [3.63, 3.8) is 0 Å². The van der Waals surface area contributed by atoms with E-state index in [1.807, 2.05) is 0 Å². The first-order valence-corrected chi connectivity index (χ1v) is 6.37. The van der Waals surface area contributed by atoms with Crippen molar-refractivity contribution in [2.24, 2.45) is 0 Å². The molecule has 0 amide bonds. The average molecular weight is 248 g/mol. The van der Waals surface area contributed by atoms with Gasteiger partial charge in [-0.05, 0) is 6.42 Å². The number of hydrogen-bond acceptors (Lipinski definition) is 5. The molecule has 0 aliphatic heterocycles. The number of anilines is 2. The molecule has 1 atom stereocenters. The Morgan fingerprint density at radius 1 is 1.38 bits per heavy atom. The Morgan fingerprint density at radius 2 is 1.94 bits per heavy atom. The number of hydrogen-bond donors (Lipinski definition) is 4. The van der Waals surface area contributed by atoms with Gasteiger partial charge in [0.25, 0.3) is 10.9 Å². The van der Waals surface area contributed by atoms with Crippen LogP contribution in [0, 0.1) is 0 Å². The third-order valence-corrected chi connectivity index (χ3v) is 3.43. The van der Waals surface area contributed by atoms with E-state index >= 15 is 0 Å². The summed E-state index contributed by atoms with van der Waals surface area (Å²) in [4.78, 5) is 39.8. The van der Waals surface area contributed by atoms with Gasteiger partial charge in [0.1, 0.15) is 17.2 Å². The van der Waals surface area contributed by atoms with E-state index in [9.17, 15) is 14.2 Å². The highest BCUT2D eigenvalue weighted by Gasteiger charge is 2.31. The summed E-state index contributed by atoms with van der Waals surface area (Å²) in [6.07, 6.45) is 0.709. The third-order valence-electron chi connectivity index (χ3n) is 2.23. The van der Waals surface area contributed by atoms with Gasteiger partial charge in [-0.25, -0.2) is 0 Å². The molecule has 5 N–H and O–H groups in total. The molecule has 8 heteroatoms. The molecule has 1 aromatic carbocycles. The summed E-state index contributed by atoms with van der Waals surface area (Å²) in [5.41, 5.74) is 3.14. The summed E-state index contributed by atoms with van der Waals surface area (Å²) in [6.45, 7) is 1.75. The fourth-order valence-corrected chi connectivity index (χ4v) is 2.21. The molecule has 0 bridgehead atoms. The van der Waals surface area contributed by atoms with Crippen LogP contribution in [0.2, 0.25) is 0 Å². The Balaban J connectivity index is 2.91. The maximum atomic E-state index is 11.1. The Morgan fingerprint density at radius 3 is 2.31 bits per heavy atom. The SMILES string of the molecule is CCCC(Nc1c(N)c(=O)c1=O)P(=O)(O)O. The first kappa shape index (κ1) is 12.9. The van der Waals surface area contributed by atoms with E-state index < -0.39 is 24.2 Å². The lowest BCUT2D eigenvalue weighted by Crippen LogP contribution is -2.39. The van der Waals surface area contributed by atoms with Crippen LogP contribution in [0.25, 0.3) is 0 Å².